The van der Waals surface area contributed by atoms with Gasteiger partial charge < -0.3 is 9.64 Å². The van der Waals surface area contributed by atoms with Crippen LogP contribution in [0.3, 0.4) is 0 Å². The van der Waals surface area contributed by atoms with Crippen molar-refractivity contribution in [2.75, 3.05) is 24.6 Å². The normalized spacial score (nSPS) is 18.5. The molecule has 4 aromatic rings. The highest BCUT2D eigenvalue weighted by molar-refractivity contribution is 5.76. The fourth-order valence-electron chi connectivity index (χ4n) is 6.11. The second-order valence-corrected chi connectivity index (χ2v) is 9.87. The third-order valence-corrected chi connectivity index (χ3v) is 7.89. The molecule has 0 N–H and O–H groups in total. The molecule has 0 amide bonds. The van der Waals surface area contributed by atoms with E-state index < -0.39 is 0 Å². The lowest BCUT2D eigenvalue weighted by atomic mass is 9.76. The average molecular weight is 438 g/mol. The maximum absolute atomic E-state index is 5.82. The standard InChI is InChI=1S/C27H27N5O/c1-18-25(20-5-4-19-7-14-33-24(19)15-20)32-23(6-11-29-32)26(30-18)31-12-8-27(9-13-31)16-21-3-2-10-28-22(21)17-27/h2-6,10-11,15H,7-9,12-14,16-17H2,1H3. The first-order chi connectivity index (χ1) is 16.2. The van der Waals surface area contributed by atoms with Crippen molar-refractivity contribution in [1.82, 2.24) is 19.6 Å². The number of anilines is 1. The van der Waals surface area contributed by atoms with Crippen LogP contribution in [0.2, 0.25) is 0 Å². The summed E-state index contributed by atoms with van der Waals surface area (Å²) in [7, 11) is 0. The monoisotopic (exact) mass is 437 g/mol. The van der Waals surface area contributed by atoms with Crippen LogP contribution in [-0.2, 0) is 19.3 Å². The van der Waals surface area contributed by atoms with E-state index in [0.717, 1.165) is 73.0 Å². The van der Waals surface area contributed by atoms with Crippen molar-refractivity contribution in [2.24, 2.45) is 5.41 Å². The van der Waals surface area contributed by atoms with E-state index in [2.05, 4.69) is 57.7 Å². The number of piperidine rings is 1. The summed E-state index contributed by atoms with van der Waals surface area (Å²) in [4.78, 5) is 12.2. The van der Waals surface area contributed by atoms with E-state index in [9.17, 15) is 0 Å². The van der Waals surface area contributed by atoms with Crippen LogP contribution in [-0.4, -0.2) is 39.3 Å². The van der Waals surface area contributed by atoms with Crippen molar-refractivity contribution in [2.45, 2.75) is 39.0 Å². The quantitative estimate of drug-likeness (QED) is 0.465. The van der Waals surface area contributed by atoms with E-state index in [1.54, 1.807) is 0 Å². The molecular formula is C27H27N5O. The number of aryl methyl sites for hydroxylation is 1. The molecule has 5 heterocycles. The van der Waals surface area contributed by atoms with Crippen LogP contribution in [0.25, 0.3) is 16.8 Å². The number of fused-ring (bicyclic) bond motifs is 3. The minimum atomic E-state index is 0.364. The van der Waals surface area contributed by atoms with Crippen molar-refractivity contribution >= 4 is 11.3 Å². The van der Waals surface area contributed by atoms with Crippen LogP contribution in [0.1, 0.15) is 35.4 Å². The van der Waals surface area contributed by atoms with Crippen molar-refractivity contribution < 1.29 is 4.74 Å². The maximum Gasteiger partial charge on any atom is 0.155 e. The molecule has 0 unspecified atom stereocenters. The summed E-state index contributed by atoms with van der Waals surface area (Å²) in [5.74, 6) is 2.04. The van der Waals surface area contributed by atoms with Gasteiger partial charge in [-0.3, -0.25) is 4.98 Å². The van der Waals surface area contributed by atoms with Crippen LogP contribution in [0.15, 0.2) is 48.8 Å². The molecule has 1 aliphatic carbocycles. The lowest BCUT2D eigenvalue weighted by Gasteiger charge is -2.40. The fourth-order valence-corrected chi connectivity index (χ4v) is 6.11. The van der Waals surface area contributed by atoms with Gasteiger partial charge in [-0.25, -0.2) is 9.50 Å². The second kappa shape index (κ2) is 7.04. The highest BCUT2D eigenvalue weighted by atomic mass is 16.5. The Morgan fingerprint density at radius 1 is 1.00 bits per heavy atom. The molecule has 1 fully saturated rings. The number of benzene rings is 1. The zero-order valence-electron chi connectivity index (χ0n) is 18.9. The van der Waals surface area contributed by atoms with E-state index >= 15 is 0 Å². The summed E-state index contributed by atoms with van der Waals surface area (Å²) >= 11 is 0. The zero-order valence-corrected chi connectivity index (χ0v) is 18.9. The predicted molar refractivity (Wildman–Crippen MR) is 128 cm³/mol. The highest BCUT2D eigenvalue weighted by Gasteiger charge is 2.41. The number of nitrogens with zero attached hydrogens (tertiary/aromatic N) is 5. The first-order valence-corrected chi connectivity index (χ1v) is 12.0. The summed E-state index contributed by atoms with van der Waals surface area (Å²) in [6.07, 6.45) is 9.44. The fraction of sp³-hybridized carbons (Fsp3) is 0.370. The Morgan fingerprint density at radius 3 is 2.79 bits per heavy atom. The van der Waals surface area contributed by atoms with Gasteiger partial charge >= 0.3 is 0 Å². The van der Waals surface area contributed by atoms with Gasteiger partial charge in [0.05, 0.1) is 24.2 Å². The van der Waals surface area contributed by atoms with Crippen molar-refractivity contribution in [3.8, 4) is 17.0 Å². The molecule has 0 bridgehead atoms. The number of pyridine rings is 1. The van der Waals surface area contributed by atoms with E-state index in [-0.39, 0.29) is 0 Å². The van der Waals surface area contributed by atoms with Crippen LogP contribution in [0, 0.1) is 12.3 Å². The lowest BCUT2D eigenvalue weighted by molar-refractivity contribution is 0.231. The number of ether oxygens (including phenoxy) is 1. The van der Waals surface area contributed by atoms with Gasteiger partial charge in [-0.2, -0.15) is 5.10 Å². The van der Waals surface area contributed by atoms with Crippen molar-refractivity contribution in [3.63, 3.8) is 0 Å². The maximum atomic E-state index is 5.82. The number of rotatable bonds is 2. The molecule has 0 atom stereocenters. The van der Waals surface area contributed by atoms with Gasteiger partial charge in [0.15, 0.2) is 5.82 Å². The Balaban J connectivity index is 1.21. The number of aromatic nitrogens is 4. The predicted octanol–water partition coefficient (Wildman–Crippen LogP) is 4.42. The van der Waals surface area contributed by atoms with Crippen LogP contribution in [0.4, 0.5) is 5.82 Å². The number of hydrogen-bond acceptors (Lipinski definition) is 5. The van der Waals surface area contributed by atoms with Gasteiger partial charge in [0, 0.05) is 37.0 Å². The lowest BCUT2D eigenvalue weighted by Crippen LogP contribution is -2.41. The molecule has 3 aromatic heterocycles. The SMILES string of the molecule is Cc1nc(N2CCC3(CC2)Cc2cccnc2C3)c2ccnn2c1-c1ccc2c(c1)OCC2. The molecule has 6 heteroatoms. The van der Waals surface area contributed by atoms with Gasteiger partial charge in [-0.1, -0.05) is 18.2 Å². The zero-order chi connectivity index (χ0) is 22.0. The van der Waals surface area contributed by atoms with E-state index in [0.29, 0.717) is 5.41 Å². The van der Waals surface area contributed by atoms with E-state index in [4.69, 9.17) is 14.8 Å². The highest BCUT2D eigenvalue weighted by Crippen LogP contribution is 2.45. The molecule has 6 nitrogen and oxygen atoms in total. The molecule has 1 spiro atoms. The average Bonchev–Trinajstić information content (AvgIpc) is 3.56. The summed E-state index contributed by atoms with van der Waals surface area (Å²) in [5, 5.41) is 4.70. The molecule has 3 aliphatic rings. The third kappa shape index (κ3) is 2.96. The first kappa shape index (κ1) is 19.1. The summed E-state index contributed by atoms with van der Waals surface area (Å²) < 4.78 is 7.88. The minimum absolute atomic E-state index is 0.364. The molecule has 2 aliphatic heterocycles. The summed E-state index contributed by atoms with van der Waals surface area (Å²) in [5.41, 5.74) is 8.62. The molecule has 1 aromatic carbocycles. The molecular weight excluding hydrogens is 410 g/mol. The van der Waals surface area contributed by atoms with Gasteiger partial charge in [0.1, 0.15) is 11.3 Å². The van der Waals surface area contributed by atoms with Gasteiger partial charge in [-0.15, -0.1) is 0 Å². The topological polar surface area (TPSA) is 55.6 Å². The largest absolute Gasteiger partial charge is 0.493 e. The minimum Gasteiger partial charge on any atom is -0.493 e. The van der Waals surface area contributed by atoms with Gasteiger partial charge in [0.25, 0.3) is 0 Å². The second-order valence-electron chi connectivity index (χ2n) is 9.87. The summed E-state index contributed by atoms with van der Waals surface area (Å²) in [6, 6.07) is 12.9. The smallest absolute Gasteiger partial charge is 0.155 e. The Bertz CT molecular complexity index is 1360. The Morgan fingerprint density at radius 2 is 1.91 bits per heavy atom. The summed E-state index contributed by atoms with van der Waals surface area (Å²) in [6.45, 7) is 4.91. The molecule has 7 rings (SSSR count). The molecule has 166 valence electrons. The molecule has 33 heavy (non-hydrogen) atoms. The Hall–Kier alpha value is -3.41. The van der Waals surface area contributed by atoms with Crippen LogP contribution >= 0.6 is 0 Å². The van der Waals surface area contributed by atoms with E-state index in [1.165, 1.54) is 29.7 Å². The molecule has 0 radical (unpaired) electrons. The van der Waals surface area contributed by atoms with Crippen molar-refractivity contribution in [3.05, 3.63) is 71.3 Å². The van der Waals surface area contributed by atoms with Crippen LogP contribution < -0.4 is 9.64 Å². The number of hydrogen-bond donors (Lipinski definition) is 0. The first-order valence-electron chi connectivity index (χ1n) is 12.0. The van der Waals surface area contributed by atoms with E-state index in [1.807, 2.05) is 12.4 Å². The van der Waals surface area contributed by atoms with Crippen molar-refractivity contribution in [1.29, 1.82) is 0 Å². The Labute approximate surface area is 193 Å². The Kier molecular flexibility index (Phi) is 4.07. The molecule has 0 saturated carbocycles. The van der Waals surface area contributed by atoms with Gasteiger partial charge in [0.2, 0.25) is 0 Å². The van der Waals surface area contributed by atoms with Gasteiger partial charge in [-0.05, 0) is 67.3 Å². The molecule has 1 saturated heterocycles. The third-order valence-electron chi connectivity index (χ3n) is 7.89. The van der Waals surface area contributed by atoms with Crippen LogP contribution in [0.5, 0.6) is 5.75 Å².